The van der Waals surface area contributed by atoms with Crippen molar-refractivity contribution in [3.05, 3.63) is 29.3 Å². The van der Waals surface area contributed by atoms with Crippen LogP contribution in [0, 0.1) is 11.6 Å². The van der Waals surface area contributed by atoms with Crippen molar-refractivity contribution in [2.24, 2.45) is 0 Å². The number of alkyl halides is 3. The molecule has 0 aliphatic heterocycles. The highest BCUT2D eigenvalue weighted by molar-refractivity contribution is 7.89. The van der Waals surface area contributed by atoms with E-state index in [4.69, 9.17) is 0 Å². The Kier molecular flexibility index (Phi) is 5.56. The second-order valence-electron chi connectivity index (χ2n) is 4.98. The molecule has 0 aromatic heterocycles. The molecule has 0 radical (unpaired) electrons. The molecule has 0 aliphatic carbocycles. The van der Waals surface area contributed by atoms with Crippen LogP contribution in [0.15, 0.2) is 17.0 Å². The Bertz CT molecular complexity index is 617. The second-order valence-corrected chi connectivity index (χ2v) is 6.80. The van der Waals surface area contributed by atoms with Gasteiger partial charge in [-0.25, -0.2) is 17.2 Å². The van der Waals surface area contributed by atoms with Crippen LogP contribution in [-0.2, 0) is 16.2 Å². The molecule has 0 heterocycles. The van der Waals surface area contributed by atoms with E-state index in [0.29, 0.717) is 6.42 Å². The maximum atomic E-state index is 13.9. The van der Waals surface area contributed by atoms with Gasteiger partial charge in [0.05, 0.1) is 5.56 Å². The highest BCUT2D eigenvalue weighted by Crippen LogP contribution is 2.33. The zero-order valence-electron chi connectivity index (χ0n) is 12.2. The molecule has 3 nitrogen and oxygen atoms in total. The van der Waals surface area contributed by atoms with Gasteiger partial charge in [0.1, 0.15) is 11.6 Å². The van der Waals surface area contributed by atoms with Gasteiger partial charge >= 0.3 is 6.18 Å². The number of halogens is 5. The van der Waals surface area contributed by atoms with Crippen LogP contribution in [0.25, 0.3) is 0 Å². The number of hydrogen-bond donors (Lipinski definition) is 0. The predicted molar refractivity (Wildman–Crippen MR) is 70.7 cm³/mol. The van der Waals surface area contributed by atoms with E-state index in [1.165, 1.54) is 13.8 Å². The summed E-state index contributed by atoms with van der Waals surface area (Å²) in [6, 6.07) is -0.619. The smallest absolute Gasteiger partial charge is 0.207 e. The van der Waals surface area contributed by atoms with Crippen LogP contribution >= 0.6 is 0 Å². The summed E-state index contributed by atoms with van der Waals surface area (Å²) in [7, 11) is -4.57. The van der Waals surface area contributed by atoms with Gasteiger partial charge in [0.25, 0.3) is 0 Å². The molecule has 0 N–H and O–H groups in total. The Hall–Kier alpha value is -1.22. The van der Waals surface area contributed by atoms with Crippen LogP contribution in [-0.4, -0.2) is 25.3 Å². The first-order valence-electron chi connectivity index (χ1n) is 6.51. The first-order valence-corrected chi connectivity index (χ1v) is 7.95. The Balaban J connectivity index is 3.49. The first-order chi connectivity index (χ1) is 9.92. The number of rotatable bonds is 5. The molecular weight excluding hydrogens is 329 g/mol. The lowest BCUT2D eigenvalue weighted by molar-refractivity contribution is -0.138. The number of sulfonamides is 1. The maximum absolute atomic E-state index is 13.9. The van der Waals surface area contributed by atoms with E-state index >= 15 is 0 Å². The van der Waals surface area contributed by atoms with Crippen molar-refractivity contribution in [2.45, 2.75) is 44.3 Å². The van der Waals surface area contributed by atoms with Gasteiger partial charge in [-0.1, -0.05) is 6.92 Å². The zero-order chi connectivity index (χ0) is 17.3. The highest BCUT2D eigenvalue weighted by Gasteiger charge is 2.37. The van der Waals surface area contributed by atoms with Gasteiger partial charge in [0.2, 0.25) is 10.0 Å². The lowest BCUT2D eigenvalue weighted by Crippen LogP contribution is -2.38. The third-order valence-corrected chi connectivity index (χ3v) is 5.04. The predicted octanol–water partition coefficient (Wildman–Crippen LogP) is 3.79. The minimum Gasteiger partial charge on any atom is -0.207 e. The molecule has 1 aromatic rings. The summed E-state index contributed by atoms with van der Waals surface area (Å²) in [5.41, 5.74) is -1.58. The molecule has 0 saturated carbocycles. The first kappa shape index (κ1) is 18.8. The Morgan fingerprint density at radius 3 is 1.91 bits per heavy atom. The number of benzene rings is 1. The van der Waals surface area contributed by atoms with Gasteiger partial charge in [-0.05, 0) is 32.4 Å². The summed E-state index contributed by atoms with van der Waals surface area (Å²) in [5.74, 6) is -3.51. The van der Waals surface area contributed by atoms with Crippen molar-refractivity contribution in [2.75, 3.05) is 6.54 Å². The standard InChI is InChI=1S/C13H16F5NO2S/c1-4-5-19(8(2)3)22(20,21)12-10(14)6-9(7-11(12)15)13(16,17)18/h6-8H,4-5H2,1-3H3. The summed E-state index contributed by atoms with van der Waals surface area (Å²) in [5, 5.41) is 0. The Morgan fingerprint density at radius 1 is 1.14 bits per heavy atom. The van der Waals surface area contributed by atoms with E-state index in [2.05, 4.69) is 0 Å². The van der Waals surface area contributed by atoms with Crippen LogP contribution < -0.4 is 0 Å². The third kappa shape index (κ3) is 3.75. The minimum atomic E-state index is -4.97. The van der Waals surface area contributed by atoms with Crippen LogP contribution in [0.3, 0.4) is 0 Å². The van der Waals surface area contributed by atoms with Crippen LogP contribution in [0.4, 0.5) is 22.0 Å². The van der Waals surface area contributed by atoms with Crippen molar-refractivity contribution in [3.63, 3.8) is 0 Å². The van der Waals surface area contributed by atoms with E-state index in [1.54, 1.807) is 6.92 Å². The van der Waals surface area contributed by atoms with Crippen molar-refractivity contribution < 1.29 is 30.4 Å². The second kappa shape index (κ2) is 6.49. The molecular formula is C13H16F5NO2S. The molecule has 0 fully saturated rings. The molecule has 0 saturated heterocycles. The Labute approximate surface area is 125 Å². The zero-order valence-corrected chi connectivity index (χ0v) is 13.0. The Morgan fingerprint density at radius 2 is 1.59 bits per heavy atom. The molecule has 0 atom stereocenters. The van der Waals surface area contributed by atoms with Gasteiger partial charge in [-0.3, -0.25) is 0 Å². The maximum Gasteiger partial charge on any atom is 0.416 e. The van der Waals surface area contributed by atoms with Gasteiger partial charge in [0, 0.05) is 12.6 Å². The van der Waals surface area contributed by atoms with Crippen molar-refractivity contribution in [1.29, 1.82) is 0 Å². The van der Waals surface area contributed by atoms with Crippen molar-refractivity contribution >= 4 is 10.0 Å². The van der Waals surface area contributed by atoms with E-state index in [9.17, 15) is 30.4 Å². The topological polar surface area (TPSA) is 37.4 Å². The molecule has 0 unspecified atom stereocenters. The molecule has 0 bridgehead atoms. The summed E-state index contributed by atoms with van der Waals surface area (Å²) >= 11 is 0. The normalized spacial score (nSPS) is 13.2. The van der Waals surface area contributed by atoms with Gasteiger partial charge in [-0.15, -0.1) is 0 Å². The summed E-state index contributed by atoms with van der Waals surface area (Å²) in [6.07, 6.45) is -4.58. The molecule has 1 rings (SSSR count). The molecule has 9 heteroatoms. The van der Waals surface area contributed by atoms with Crippen molar-refractivity contribution in [3.8, 4) is 0 Å². The van der Waals surface area contributed by atoms with E-state index < -0.39 is 44.3 Å². The fourth-order valence-electron chi connectivity index (χ4n) is 1.96. The quantitative estimate of drug-likeness (QED) is 0.762. The van der Waals surface area contributed by atoms with Crippen LogP contribution in [0.1, 0.15) is 32.8 Å². The van der Waals surface area contributed by atoms with Crippen LogP contribution in [0.2, 0.25) is 0 Å². The highest BCUT2D eigenvalue weighted by atomic mass is 32.2. The van der Waals surface area contributed by atoms with E-state index in [-0.39, 0.29) is 18.7 Å². The van der Waals surface area contributed by atoms with Gasteiger partial charge < -0.3 is 0 Å². The van der Waals surface area contributed by atoms with Gasteiger partial charge in [0.15, 0.2) is 4.90 Å². The average molecular weight is 345 g/mol. The summed E-state index contributed by atoms with van der Waals surface area (Å²) in [4.78, 5) is -1.36. The van der Waals surface area contributed by atoms with Gasteiger partial charge in [-0.2, -0.15) is 17.5 Å². The average Bonchev–Trinajstić information content (AvgIpc) is 2.32. The fourth-order valence-corrected chi connectivity index (χ4v) is 3.79. The van der Waals surface area contributed by atoms with Crippen LogP contribution in [0.5, 0.6) is 0 Å². The van der Waals surface area contributed by atoms with E-state index in [0.717, 1.165) is 4.31 Å². The molecule has 0 aliphatic rings. The summed E-state index contributed by atoms with van der Waals surface area (Å²) in [6.45, 7) is 4.68. The lowest BCUT2D eigenvalue weighted by Gasteiger charge is -2.26. The van der Waals surface area contributed by atoms with E-state index in [1.807, 2.05) is 0 Å². The molecule has 0 spiro atoms. The molecule has 126 valence electrons. The number of hydrogen-bond acceptors (Lipinski definition) is 2. The molecule has 22 heavy (non-hydrogen) atoms. The summed E-state index contributed by atoms with van der Waals surface area (Å²) < 4.78 is 90.7. The monoisotopic (exact) mass is 345 g/mol. The fraction of sp³-hybridized carbons (Fsp3) is 0.538. The largest absolute Gasteiger partial charge is 0.416 e. The number of nitrogens with zero attached hydrogens (tertiary/aromatic N) is 1. The third-order valence-electron chi connectivity index (χ3n) is 2.91. The molecule has 1 aromatic carbocycles. The molecule has 0 amide bonds. The SMILES string of the molecule is CCCN(C(C)C)S(=O)(=O)c1c(F)cc(C(F)(F)F)cc1F. The lowest BCUT2D eigenvalue weighted by atomic mass is 10.2. The minimum absolute atomic E-state index is 0.0000970. The van der Waals surface area contributed by atoms with Crippen molar-refractivity contribution in [1.82, 2.24) is 4.31 Å².